The summed E-state index contributed by atoms with van der Waals surface area (Å²) < 4.78 is 0. The van der Waals surface area contributed by atoms with E-state index in [1.54, 1.807) is 0 Å². The number of nitrogens with two attached hydrogens (primary N) is 1. The van der Waals surface area contributed by atoms with Crippen LogP contribution >= 0.6 is 0 Å². The molecule has 2 heteroatoms. The van der Waals surface area contributed by atoms with E-state index >= 15 is 0 Å². The van der Waals surface area contributed by atoms with E-state index in [9.17, 15) is 0 Å². The Bertz CT molecular complexity index is 550. The van der Waals surface area contributed by atoms with E-state index in [1.807, 2.05) is 72.8 Å². The highest BCUT2D eigenvalue weighted by molar-refractivity contribution is 5.79. The zero-order chi connectivity index (χ0) is 11.9. The molecule has 0 unspecified atom stereocenters. The Morgan fingerprint density at radius 2 is 1.24 bits per heavy atom. The number of hydrogen-bond acceptors (Lipinski definition) is 2. The van der Waals surface area contributed by atoms with Gasteiger partial charge in [0.1, 0.15) is 5.82 Å². The van der Waals surface area contributed by atoms with Crippen LogP contribution in [-0.4, -0.2) is 4.98 Å². The van der Waals surface area contributed by atoms with Crippen LogP contribution in [0.3, 0.4) is 0 Å². The van der Waals surface area contributed by atoms with Gasteiger partial charge in [-0.15, -0.1) is 0 Å². The summed E-state index contributed by atoms with van der Waals surface area (Å²) >= 11 is 0. The highest BCUT2D eigenvalue weighted by atomic mass is 14.8. The van der Waals surface area contributed by atoms with E-state index in [2.05, 4.69) is 4.98 Å². The number of anilines is 1. The molecule has 0 spiro atoms. The predicted molar refractivity (Wildman–Crippen MR) is 72.6 cm³/mol. The first-order chi connectivity index (χ1) is 8.36. The van der Waals surface area contributed by atoms with E-state index < -0.39 is 0 Å². The van der Waals surface area contributed by atoms with Crippen molar-refractivity contribution in [2.45, 2.75) is 0 Å². The minimum absolute atomic E-state index is 0.573. The molecule has 2 nitrogen and oxygen atoms in total. The summed E-state index contributed by atoms with van der Waals surface area (Å²) in [5, 5.41) is 1.13. The van der Waals surface area contributed by atoms with Gasteiger partial charge in [0.25, 0.3) is 0 Å². The van der Waals surface area contributed by atoms with Crippen molar-refractivity contribution in [3.8, 4) is 0 Å². The summed E-state index contributed by atoms with van der Waals surface area (Å²) in [4.78, 5) is 4.15. The summed E-state index contributed by atoms with van der Waals surface area (Å²) in [7, 11) is 0. The van der Waals surface area contributed by atoms with Crippen molar-refractivity contribution in [2.75, 3.05) is 5.73 Å². The van der Waals surface area contributed by atoms with Crippen LogP contribution < -0.4 is 5.73 Å². The average Bonchev–Trinajstić information content (AvgIpc) is 2.41. The Labute approximate surface area is 101 Å². The molecule has 0 saturated carbocycles. The minimum atomic E-state index is 0.573. The number of benzene rings is 2. The molecule has 0 radical (unpaired) electrons. The van der Waals surface area contributed by atoms with Crippen molar-refractivity contribution < 1.29 is 0 Å². The molecule has 0 aliphatic rings. The van der Waals surface area contributed by atoms with Crippen LogP contribution in [-0.2, 0) is 0 Å². The summed E-state index contributed by atoms with van der Waals surface area (Å²) in [5.41, 5.74) is 6.46. The van der Waals surface area contributed by atoms with Crippen LogP contribution in [0.1, 0.15) is 0 Å². The molecule has 0 fully saturated rings. The lowest BCUT2D eigenvalue weighted by atomic mass is 10.2. The predicted octanol–water partition coefficient (Wildman–Crippen LogP) is 3.50. The fourth-order valence-corrected chi connectivity index (χ4v) is 1.47. The molecule has 0 bridgehead atoms. The second-order valence-electron chi connectivity index (χ2n) is 3.58. The lowest BCUT2D eigenvalue weighted by molar-refractivity contribution is 1.42. The molecule has 1 aromatic heterocycles. The van der Waals surface area contributed by atoms with Gasteiger partial charge in [0.15, 0.2) is 0 Å². The third-order valence-corrected chi connectivity index (χ3v) is 2.29. The SMILES string of the molecule is Nc1ccc2ccccc2n1.c1ccccc1. The van der Waals surface area contributed by atoms with E-state index in [0.29, 0.717) is 5.82 Å². The average molecular weight is 222 g/mol. The van der Waals surface area contributed by atoms with Gasteiger partial charge in [-0.1, -0.05) is 54.6 Å². The Morgan fingerprint density at radius 1 is 0.647 bits per heavy atom. The van der Waals surface area contributed by atoms with E-state index in [-0.39, 0.29) is 0 Å². The van der Waals surface area contributed by atoms with Gasteiger partial charge in [0.05, 0.1) is 5.52 Å². The molecular weight excluding hydrogens is 208 g/mol. The number of rotatable bonds is 0. The number of nitrogens with zero attached hydrogens (tertiary/aromatic N) is 1. The number of aromatic nitrogens is 1. The molecule has 84 valence electrons. The van der Waals surface area contributed by atoms with Crippen LogP contribution in [0.15, 0.2) is 72.8 Å². The molecule has 0 aliphatic carbocycles. The molecule has 1 heterocycles. The number of hydrogen-bond donors (Lipinski definition) is 1. The zero-order valence-corrected chi connectivity index (χ0v) is 9.45. The third kappa shape index (κ3) is 3.31. The highest BCUT2D eigenvalue weighted by Gasteiger charge is 1.91. The minimum Gasteiger partial charge on any atom is -0.384 e. The first-order valence-electron chi connectivity index (χ1n) is 5.47. The quantitative estimate of drug-likeness (QED) is 0.632. The molecule has 0 amide bonds. The fraction of sp³-hybridized carbons (Fsp3) is 0. The fourth-order valence-electron chi connectivity index (χ4n) is 1.47. The maximum atomic E-state index is 5.51. The molecule has 3 rings (SSSR count). The van der Waals surface area contributed by atoms with Gasteiger partial charge in [-0.3, -0.25) is 0 Å². The molecule has 2 aromatic carbocycles. The Hall–Kier alpha value is -2.35. The second kappa shape index (κ2) is 5.66. The van der Waals surface area contributed by atoms with Gasteiger partial charge < -0.3 is 5.73 Å². The van der Waals surface area contributed by atoms with E-state index in [1.165, 1.54) is 0 Å². The lowest BCUT2D eigenvalue weighted by Crippen LogP contribution is -1.88. The summed E-state index contributed by atoms with van der Waals surface area (Å²) in [5.74, 6) is 0.573. The van der Waals surface area contributed by atoms with Crippen molar-refractivity contribution in [1.82, 2.24) is 4.98 Å². The van der Waals surface area contributed by atoms with Crippen molar-refractivity contribution >= 4 is 16.7 Å². The molecule has 17 heavy (non-hydrogen) atoms. The monoisotopic (exact) mass is 222 g/mol. The first kappa shape index (κ1) is 11.1. The molecule has 0 saturated heterocycles. The smallest absolute Gasteiger partial charge is 0.124 e. The molecule has 0 atom stereocenters. The maximum Gasteiger partial charge on any atom is 0.124 e. The standard InChI is InChI=1S/C9H8N2.C6H6/c10-9-6-5-7-3-1-2-4-8(7)11-9;1-2-4-6-5-3-1/h1-6H,(H2,10,11);1-6H. The van der Waals surface area contributed by atoms with Crippen molar-refractivity contribution in [3.05, 3.63) is 72.8 Å². The number of pyridine rings is 1. The third-order valence-electron chi connectivity index (χ3n) is 2.29. The Kier molecular flexibility index (Phi) is 3.71. The lowest BCUT2D eigenvalue weighted by Gasteiger charge is -1.95. The number of para-hydroxylation sites is 1. The normalized spacial score (nSPS) is 9.41. The van der Waals surface area contributed by atoms with Crippen molar-refractivity contribution in [3.63, 3.8) is 0 Å². The van der Waals surface area contributed by atoms with Gasteiger partial charge in [-0.2, -0.15) is 0 Å². The zero-order valence-electron chi connectivity index (χ0n) is 9.45. The molecular formula is C15H14N2. The number of nitrogen functional groups attached to an aromatic ring is 1. The molecule has 2 N–H and O–H groups in total. The highest BCUT2D eigenvalue weighted by Crippen LogP contribution is 2.11. The van der Waals surface area contributed by atoms with Gasteiger partial charge >= 0.3 is 0 Å². The van der Waals surface area contributed by atoms with Crippen LogP contribution in [0.2, 0.25) is 0 Å². The van der Waals surface area contributed by atoms with Crippen LogP contribution in [0.25, 0.3) is 10.9 Å². The molecule has 3 aromatic rings. The number of fused-ring (bicyclic) bond motifs is 1. The van der Waals surface area contributed by atoms with Gasteiger partial charge in [-0.05, 0) is 18.2 Å². The van der Waals surface area contributed by atoms with Gasteiger partial charge in [0.2, 0.25) is 0 Å². The topological polar surface area (TPSA) is 38.9 Å². The van der Waals surface area contributed by atoms with Crippen molar-refractivity contribution in [1.29, 1.82) is 0 Å². The largest absolute Gasteiger partial charge is 0.384 e. The van der Waals surface area contributed by atoms with E-state index in [4.69, 9.17) is 5.73 Å². The first-order valence-corrected chi connectivity index (χ1v) is 5.47. The summed E-state index contributed by atoms with van der Waals surface area (Å²) in [6.45, 7) is 0. The van der Waals surface area contributed by atoms with Crippen LogP contribution in [0.5, 0.6) is 0 Å². The second-order valence-corrected chi connectivity index (χ2v) is 3.58. The maximum absolute atomic E-state index is 5.51. The summed E-state index contributed by atoms with van der Waals surface area (Å²) in [6.07, 6.45) is 0. The van der Waals surface area contributed by atoms with E-state index in [0.717, 1.165) is 10.9 Å². The van der Waals surface area contributed by atoms with Gasteiger partial charge in [0, 0.05) is 5.39 Å². The van der Waals surface area contributed by atoms with Gasteiger partial charge in [-0.25, -0.2) is 4.98 Å². The Balaban J connectivity index is 0.000000153. The molecule has 0 aliphatic heterocycles. The summed E-state index contributed by atoms with van der Waals surface area (Å²) in [6, 6.07) is 23.7. The Morgan fingerprint density at radius 3 is 1.88 bits per heavy atom. The van der Waals surface area contributed by atoms with Crippen molar-refractivity contribution in [2.24, 2.45) is 0 Å². The van der Waals surface area contributed by atoms with Crippen LogP contribution in [0.4, 0.5) is 5.82 Å². The van der Waals surface area contributed by atoms with Crippen LogP contribution in [0, 0.1) is 0 Å².